The number of morpholine rings is 1. The second-order valence-corrected chi connectivity index (χ2v) is 8.47. The van der Waals surface area contributed by atoms with E-state index in [2.05, 4.69) is 5.32 Å². The zero-order valence-corrected chi connectivity index (χ0v) is 18.5. The van der Waals surface area contributed by atoms with Gasteiger partial charge in [0.15, 0.2) is 6.10 Å². The lowest BCUT2D eigenvalue weighted by atomic mass is 9.84. The van der Waals surface area contributed by atoms with Gasteiger partial charge in [-0.25, -0.2) is 0 Å². The molecule has 2 amide bonds. The van der Waals surface area contributed by atoms with E-state index < -0.39 is 6.10 Å². The van der Waals surface area contributed by atoms with Crippen LogP contribution in [0.5, 0.6) is 5.75 Å². The van der Waals surface area contributed by atoms with Crippen LogP contribution in [0.25, 0.3) is 0 Å². The Balaban J connectivity index is 1.63. The van der Waals surface area contributed by atoms with Gasteiger partial charge in [0.05, 0.1) is 36.3 Å². The number of rotatable bonds is 7. The number of carbonyl (C=O) groups is 2. The van der Waals surface area contributed by atoms with Crippen LogP contribution in [-0.2, 0) is 14.3 Å². The predicted molar refractivity (Wildman–Crippen MR) is 113 cm³/mol. The van der Waals surface area contributed by atoms with Crippen molar-refractivity contribution in [3.8, 4) is 5.75 Å². The zero-order valence-electron chi connectivity index (χ0n) is 16.3. The third-order valence-corrected chi connectivity index (χ3v) is 6.59. The predicted octanol–water partition coefficient (Wildman–Crippen LogP) is 3.61. The SMILES string of the molecule is COc1ccc(Cl)c(Cl)c1[C@@H]1CCN2C(=O)C(CNC(=O)CCCCl)OC[C@@H]2C1. The van der Waals surface area contributed by atoms with Crippen LogP contribution in [0.3, 0.4) is 0 Å². The molecule has 160 valence electrons. The molecule has 2 saturated heterocycles. The van der Waals surface area contributed by atoms with Gasteiger partial charge in [-0.2, -0.15) is 0 Å². The highest BCUT2D eigenvalue weighted by Crippen LogP contribution is 2.44. The molecule has 2 fully saturated rings. The summed E-state index contributed by atoms with van der Waals surface area (Å²) in [5.74, 6) is 1.07. The third kappa shape index (κ3) is 5.10. The summed E-state index contributed by atoms with van der Waals surface area (Å²) in [5.41, 5.74) is 0.891. The number of alkyl halides is 1. The summed E-state index contributed by atoms with van der Waals surface area (Å²) in [5, 5.41) is 3.75. The fourth-order valence-corrected chi connectivity index (χ4v) is 4.63. The molecule has 0 bridgehead atoms. The molecular weight excluding hydrogens is 439 g/mol. The number of methoxy groups -OCH3 is 1. The van der Waals surface area contributed by atoms with Gasteiger partial charge >= 0.3 is 0 Å². The van der Waals surface area contributed by atoms with E-state index in [0.29, 0.717) is 47.7 Å². The molecule has 1 aromatic rings. The normalized spacial score (nSPS) is 24.2. The smallest absolute Gasteiger partial charge is 0.253 e. The van der Waals surface area contributed by atoms with Crippen molar-refractivity contribution < 1.29 is 19.1 Å². The van der Waals surface area contributed by atoms with E-state index in [9.17, 15) is 9.59 Å². The maximum Gasteiger partial charge on any atom is 0.253 e. The van der Waals surface area contributed by atoms with Crippen molar-refractivity contribution in [2.24, 2.45) is 0 Å². The van der Waals surface area contributed by atoms with Crippen molar-refractivity contribution in [1.29, 1.82) is 0 Å². The Hall–Kier alpha value is -1.21. The van der Waals surface area contributed by atoms with E-state index >= 15 is 0 Å². The summed E-state index contributed by atoms with van der Waals surface area (Å²) in [6, 6.07) is 3.51. The Labute approximate surface area is 185 Å². The van der Waals surface area contributed by atoms with Crippen molar-refractivity contribution >= 4 is 46.6 Å². The van der Waals surface area contributed by atoms with Crippen LogP contribution in [0.15, 0.2) is 12.1 Å². The number of hydrogen-bond acceptors (Lipinski definition) is 4. The second-order valence-electron chi connectivity index (χ2n) is 7.30. The molecule has 3 atom stereocenters. The van der Waals surface area contributed by atoms with Gasteiger partial charge in [0.1, 0.15) is 5.75 Å². The molecule has 3 rings (SSSR count). The van der Waals surface area contributed by atoms with E-state index in [0.717, 1.165) is 18.4 Å². The molecule has 0 spiro atoms. The molecule has 29 heavy (non-hydrogen) atoms. The summed E-state index contributed by atoms with van der Waals surface area (Å²) in [6.07, 6.45) is 1.79. The number of piperidine rings is 1. The lowest BCUT2D eigenvalue weighted by molar-refractivity contribution is -0.162. The van der Waals surface area contributed by atoms with Gasteiger partial charge in [-0.1, -0.05) is 23.2 Å². The van der Waals surface area contributed by atoms with E-state index in [1.165, 1.54) is 0 Å². The van der Waals surface area contributed by atoms with Crippen LogP contribution in [0.4, 0.5) is 0 Å². The molecule has 0 aliphatic carbocycles. The molecular formula is C20H25Cl3N2O4. The highest BCUT2D eigenvalue weighted by Gasteiger charge is 2.41. The average molecular weight is 464 g/mol. The first kappa shape index (κ1) is 22.5. The molecule has 1 unspecified atom stereocenters. The van der Waals surface area contributed by atoms with Crippen molar-refractivity contribution in [1.82, 2.24) is 10.2 Å². The van der Waals surface area contributed by atoms with Gasteiger partial charge in [0.2, 0.25) is 5.91 Å². The van der Waals surface area contributed by atoms with E-state index in [4.69, 9.17) is 44.3 Å². The van der Waals surface area contributed by atoms with Crippen molar-refractivity contribution in [3.63, 3.8) is 0 Å². The average Bonchev–Trinajstić information content (AvgIpc) is 2.73. The van der Waals surface area contributed by atoms with Gasteiger partial charge < -0.3 is 19.7 Å². The fourth-order valence-electron chi connectivity index (χ4n) is 4.02. The minimum absolute atomic E-state index is 0.0378. The first-order chi connectivity index (χ1) is 14.0. The summed E-state index contributed by atoms with van der Waals surface area (Å²) in [4.78, 5) is 26.5. The third-order valence-electron chi connectivity index (χ3n) is 5.51. The largest absolute Gasteiger partial charge is 0.496 e. The highest BCUT2D eigenvalue weighted by atomic mass is 35.5. The topological polar surface area (TPSA) is 67.9 Å². The second kappa shape index (κ2) is 10.2. The van der Waals surface area contributed by atoms with E-state index in [1.54, 1.807) is 13.2 Å². The van der Waals surface area contributed by atoms with Crippen LogP contribution in [0.1, 0.15) is 37.2 Å². The Bertz CT molecular complexity index is 761. The summed E-state index contributed by atoms with van der Waals surface area (Å²) in [6.45, 7) is 1.20. The van der Waals surface area contributed by atoms with Gasteiger partial charge in [0, 0.05) is 24.4 Å². The van der Waals surface area contributed by atoms with Gasteiger partial charge in [-0.15, -0.1) is 11.6 Å². The Morgan fingerprint density at radius 1 is 1.38 bits per heavy atom. The number of amides is 2. The first-order valence-electron chi connectivity index (χ1n) is 9.72. The monoisotopic (exact) mass is 462 g/mol. The minimum atomic E-state index is -0.646. The standard InChI is InChI=1S/C20H25Cl3N2O4/c1-28-15-5-4-14(22)19(23)18(15)12-6-8-25-13(9-12)11-29-16(20(25)27)10-24-17(26)3-2-7-21/h4-5,12-13,16H,2-3,6-11H2,1H3,(H,24,26)/t12-,13+,16?/m1/s1. The van der Waals surface area contributed by atoms with E-state index in [1.807, 2.05) is 11.0 Å². The molecule has 9 heteroatoms. The maximum atomic E-state index is 12.8. The van der Waals surface area contributed by atoms with E-state index in [-0.39, 0.29) is 30.3 Å². The molecule has 1 aromatic carbocycles. The van der Waals surface area contributed by atoms with Crippen LogP contribution in [0, 0.1) is 0 Å². The highest BCUT2D eigenvalue weighted by molar-refractivity contribution is 6.42. The molecule has 0 saturated carbocycles. The van der Waals surface area contributed by atoms with Crippen LogP contribution in [0.2, 0.25) is 10.0 Å². The molecule has 2 aliphatic heterocycles. The Morgan fingerprint density at radius 2 is 2.17 bits per heavy atom. The number of nitrogens with one attached hydrogen (secondary N) is 1. The maximum absolute atomic E-state index is 12.8. The van der Waals surface area contributed by atoms with Gasteiger partial charge in [0.25, 0.3) is 5.91 Å². The molecule has 6 nitrogen and oxygen atoms in total. The number of benzene rings is 1. The van der Waals surface area contributed by atoms with Crippen LogP contribution in [-0.4, -0.2) is 61.5 Å². The minimum Gasteiger partial charge on any atom is -0.496 e. The lowest BCUT2D eigenvalue weighted by Crippen LogP contribution is -2.58. The van der Waals surface area contributed by atoms with Crippen LogP contribution >= 0.6 is 34.8 Å². The quantitative estimate of drug-likeness (QED) is 0.627. The zero-order chi connectivity index (χ0) is 21.0. The molecule has 0 aromatic heterocycles. The Kier molecular flexibility index (Phi) is 7.91. The van der Waals surface area contributed by atoms with Gasteiger partial charge in [-0.3, -0.25) is 9.59 Å². The first-order valence-corrected chi connectivity index (χ1v) is 11.0. The number of nitrogens with zero attached hydrogens (tertiary/aromatic N) is 1. The summed E-state index contributed by atoms with van der Waals surface area (Å²) < 4.78 is 11.3. The molecule has 2 heterocycles. The number of fused-ring (bicyclic) bond motifs is 1. The summed E-state index contributed by atoms with van der Waals surface area (Å²) in [7, 11) is 1.61. The van der Waals surface area contributed by atoms with Crippen molar-refractivity contribution in [2.75, 3.05) is 32.7 Å². The van der Waals surface area contributed by atoms with Crippen molar-refractivity contribution in [2.45, 2.75) is 43.7 Å². The lowest BCUT2D eigenvalue weighted by Gasteiger charge is -2.45. The number of halogens is 3. The molecule has 1 N–H and O–H groups in total. The molecule has 2 aliphatic rings. The summed E-state index contributed by atoms with van der Waals surface area (Å²) >= 11 is 18.3. The Morgan fingerprint density at radius 3 is 2.90 bits per heavy atom. The van der Waals surface area contributed by atoms with Crippen molar-refractivity contribution in [3.05, 3.63) is 27.7 Å². The molecule has 0 radical (unpaired) electrons. The number of hydrogen-bond donors (Lipinski definition) is 1. The fraction of sp³-hybridized carbons (Fsp3) is 0.600. The van der Waals surface area contributed by atoms with Crippen LogP contribution < -0.4 is 10.1 Å². The number of carbonyl (C=O) groups excluding carboxylic acids is 2. The number of ether oxygens (including phenoxy) is 2. The van der Waals surface area contributed by atoms with Gasteiger partial charge in [-0.05, 0) is 37.3 Å².